The Morgan fingerprint density at radius 3 is 2.43 bits per heavy atom. The molecule has 0 aromatic rings. The van der Waals surface area contributed by atoms with Crippen LogP contribution in [0.25, 0.3) is 0 Å². The largest absolute Gasteiger partial charge is 0.318 e. The average Bonchev–Trinajstić information content (AvgIpc) is 1.61. The van der Waals surface area contributed by atoms with Gasteiger partial charge in [-0.25, -0.2) is 0 Å². The van der Waals surface area contributed by atoms with Gasteiger partial charge in [-0.3, -0.25) is 4.28 Å². The predicted octanol–water partition coefficient (Wildman–Crippen LogP) is -0.465. The minimum Gasteiger partial charge on any atom is -0.271 e. The maximum absolute atomic E-state index is 9.46. The number of nitrogens with zero attached hydrogens (tertiary/aromatic N) is 1. The van der Waals surface area contributed by atoms with E-state index in [1.807, 2.05) is 0 Å². The zero-order chi connectivity index (χ0) is 5.70. The summed E-state index contributed by atoms with van der Waals surface area (Å²) in [5, 5.41) is 2.95. The summed E-state index contributed by atoms with van der Waals surface area (Å²) in [6, 6.07) is 0. The van der Waals surface area contributed by atoms with Crippen LogP contribution in [0.3, 0.4) is 0 Å². The molecular weight excluding hydrogens is 118 g/mol. The van der Waals surface area contributed by atoms with E-state index in [1.165, 1.54) is 6.21 Å². The molecule has 0 atom stereocenters. The summed E-state index contributed by atoms with van der Waals surface area (Å²) < 4.78 is 22.6. The minimum absolute atomic E-state index is 1.24. The first-order valence-electron chi connectivity index (χ1n) is 1.57. The van der Waals surface area contributed by atoms with Crippen molar-refractivity contribution < 1.29 is 12.7 Å². The molecule has 4 nitrogen and oxygen atoms in total. The third kappa shape index (κ3) is 5.42. The van der Waals surface area contributed by atoms with Crippen LogP contribution in [0.15, 0.2) is 5.16 Å². The second kappa shape index (κ2) is 3.60. The van der Waals surface area contributed by atoms with Gasteiger partial charge in [0.15, 0.2) is 0 Å². The van der Waals surface area contributed by atoms with Crippen molar-refractivity contribution in [2.75, 3.05) is 0 Å². The predicted molar refractivity (Wildman–Crippen MR) is 25.6 cm³/mol. The van der Waals surface area contributed by atoms with Gasteiger partial charge in [-0.2, -0.15) is 8.42 Å². The Labute approximate surface area is 42.9 Å². The van der Waals surface area contributed by atoms with Crippen molar-refractivity contribution in [2.24, 2.45) is 5.16 Å². The third-order valence-corrected chi connectivity index (χ3v) is 0.447. The fraction of sp³-hybridized carbons (Fsp3) is 0.500. The first-order valence-corrected chi connectivity index (χ1v) is 2.66. The van der Waals surface area contributed by atoms with E-state index in [0.717, 1.165) is 0 Å². The smallest absolute Gasteiger partial charge is 0.271 e. The fourth-order valence-electron chi connectivity index (χ4n) is 0.0856. The van der Waals surface area contributed by atoms with Crippen molar-refractivity contribution in [3.05, 3.63) is 0 Å². The summed E-state index contributed by atoms with van der Waals surface area (Å²) in [5.74, 6) is 0. The van der Waals surface area contributed by atoms with Gasteiger partial charge in [-0.15, -0.1) is 0 Å². The first-order chi connectivity index (χ1) is 3.27. The molecule has 0 aliphatic rings. The highest BCUT2D eigenvalue weighted by Crippen LogP contribution is 1.68. The Kier molecular flexibility index (Phi) is 3.31. The molecule has 0 fully saturated rings. The third-order valence-electron chi connectivity index (χ3n) is 0.219. The van der Waals surface area contributed by atoms with Crippen LogP contribution < -0.4 is 0 Å². The van der Waals surface area contributed by atoms with Gasteiger partial charge in [0, 0.05) is 6.21 Å². The summed E-state index contributed by atoms with van der Waals surface area (Å²) in [6.07, 6.45) is 1.24. The maximum atomic E-state index is 9.46. The highest BCUT2D eigenvalue weighted by atomic mass is 32.2. The molecule has 0 spiro atoms. The van der Waals surface area contributed by atoms with Crippen molar-refractivity contribution in [1.29, 1.82) is 0 Å². The highest BCUT2D eigenvalue weighted by molar-refractivity contribution is 7.67. The zero-order valence-corrected chi connectivity index (χ0v) is 4.59. The molecule has 0 bridgehead atoms. The van der Waals surface area contributed by atoms with Gasteiger partial charge < -0.3 is 0 Å². The number of thiol groups is 1. The molecule has 0 N–H and O–H groups in total. The van der Waals surface area contributed by atoms with Crippen molar-refractivity contribution in [1.82, 2.24) is 0 Å². The number of hydrogen-bond donors (Lipinski definition) is 1. The van der Waals surface area contributed by atoms with Crippen molar-refractivity contribution in [3.63, 3.8) is 0 Å². The first kappa shape index (κ1) is 6.42. The van der Waals surface area contributed by atoms with Gasteiger partial charge in [-0.1, -0.05) is 5.16 Å². The summed E-state index contributed by atoms with van der Waals surface area (Å²) in [4.78, 5) is 0. The molecular formula is C2H5NO3S. The van der Waals surface area contributed by atoms with Gasteiger partial charge in [0.25, 0.3) is 0 Å². The monoisotopic (exact) mass is 123 g/mol. The van der Waals surface area contributed by atoms with Crippen LogP contribution in [0.2, 0.25) is 0 Å². The average molecular weight is 123 g/mol. The van der Waals surface area contributed by atoms with Crippen LogP contribution in [0, 0.1) is 0 Å². The van der Waals surface area contributed by atoms with Crippen LogP contribution >= 0.6 is 0 Å². The molecule has 0 saturated carbocycles. The molecule has 0 aliphatic heterocycles. The SMILES string of the molecule is CC=NO[SH](=O)=O. The van der Waals surface area contributed by atoms with E-state index in [-0.39, 0.29) is 0 Å². The summed E-state index contributed by atoms with van der Waals surface area (Å²) >= 11 is 0. The second-order valence-electron chi connectivity index (χ2n) is 0.669. The normalized spacial score (nSPS) is 10.6. The Morgan fingerprint density at radius 2 is 2.29 bits per heavy atom. The van der Waals surface area contributed by atoms with E-state index in [2.05, 4.69) is 9.44 Å². The van der Waals surface area contributed by atoms with Crippen LogP contribution in [0.1, 0.15) is 6.92 Å². The van der Waals surface area contributed by atoms with Gasteiger partial charge >= 0.3 is 11.0 Å². The van der Waals surface area contributed by atoms with E-state index in [4.69, 9.17) is 0 Å². The standard InChI is InChI=1S/C2H5NO3S/c1-2-3-6-7(4)5/h2,7H,1H3. The molecule has 7 heavy (non-hydrogen) atoms. The molecule has 0 aromatic carbocycles. The van der Waals surface area contributed by atoms with E-state index in [0.29, 0.717) is 0 Å². The van der Waals surface area contributed by atoms with Crippen LogP contribution in [-0.4, -0.2) is 14.6 Å². The fourth-order valence-corrected chi connectivity index (χ4v) is 0.257. The molecule has 0 rings (SSSR count). The Morgan fingerprint density at radius 1 is 1.71 bits per heavy atom. The molecule has 0 amide bonds. The van der Waals surface area contributed by atoms with Gasteiger partial charge in [0.2, 0.25) is 0 Å². The Balaban J connectivity index is 3.33. The summed E-state index contributed by atoms with van der Waals surface area (Å²) in [7, 11) is -2.80. The molecule has 0 aromatic heterocycles. The maximum Gasteiger partial charge on any atom is 0.318 e. The van der Waals surface area contributed by atoms with Crippen molar-refractivity contribution in [3.8, 4) is 0 Å². The van der Waals surface area contributed by atoms with Crippen molar-refractivity contribution in [2.45, 2.75) is 6.92 Å². The van der Waals surface area contributed by atoms with Gasteiger partial charge in [0.1, 0.15) is 0 Å². The van der Waals surface area contributed by atoms with E-state index in [1.54, 1.807) is 6.92 Å². The lowest BCUT2D eigenvalue weighted by Crippen LogP contribution is -1.75. The molecule has 0 aliphatic carbocycles. The van der Waals surface area contributed by atoms with Gasteiger partial charge in [0.05, 0.1) is 0 Å². The molecule has 0 unspecified atom stereocenters. The van der Waals surface area contributed by atoms with E-state index >= 15 is 0 Å². The number of hydrogen-bond acceptors (Lipinski definition) is 4. The topological polar surface area (TPSA) is 55.7 Å². The van der Waals surface area contributed by atoms with Crippen LogP contribution in [-0.2, 0) is 15.3 Å². The van der Waals surface area contributed by atoms with Crippen LogP contribution in [0.4, 0.5) is 0 Å². The lowest BCUT2D eigenvalue weighted by Gasteiger charge is -1.76. The molecule has 5 heteroatoms. The minimum atomic E-state index is -2.80. The molecule has 0 saturated heterocycles. The molecule has 0 heterocycles. The summed E-state index contributed by atoms with van der Waals surface area (Å²) in [6.45, 7) is 1.55. The molecule has 0 radical (unpaired) electrons. The van der Waals surface area contributed by atoms with Crippen LogP contribution in [0.5, 0.6) is 0 Å². The Bertz CT molecular complexity index is 119. The van der Waals surface area contributed by atoms with Gasteiger partial charge in [-0.05, 0) is 6.92 Å². The highest BCUT2D eigenvalue weighted by Gasteiger charge is 1.69. The second-order valence-corrected chi connectivity index (χ2v) is 1.28. The zero-order valence-electron chi connectivity index (χ0n) is 3.70. The van der Waals surface area contributed by atoms with E-state index in [9.17, 15) is 8.42 Å². The lowest BCUT2D eigenvalue weighted by molar-refractivity contribution is 0.358. The van der Waals surface area contributed by atoms with Crippen molar-refractivity contribution >= 4 is 17.2 Å². The lowest BCUT2D eigenvalue weighted by atomic mass is 10.9. The Hall–Kier alpha value is -0.580. The van der Waals surface area contributed by atoms with E-state index < -0.39 is 11.0 Å². The number of oxime groups is 1. The summed E-state index contributed by atoms with van der Waals surface area (Å²) in [5.41, 5.74) is 0. The quantitative estimate of drug-likeness (QED) is 0.307. The number of rotatable bonds is 2. The molecule has 42 valence electrons.